The minimum absolute atomic E-state index is 0.0501. The maximum absolute atomic E-state index is 14.1. The van der Waals surface area contributed by atoms with Crippen molar-refractivity contribution < 1.29 is 33.2 Å². The molecule has 0 radical (unpaired) electrons. The maximum atomic E-state index is 14.1. The number of allylic oxidation sites excluding steroid dienone is 1. The van der Waals surface area contributed by atoms with E-state index in [0.717, 1.165) is 22.3 Å². The summed E-state index contributed by atoms with van der Waals surface area (Å²) < 4.78 is 16.2. The number of thiazole rings is 1. The van der Waals surface area contributed by atoms with Gasteiger partial charge in [0.1, 0.15) is 47.8 Å². The first-order chi connectivity index (χ1) is 29.8. The summed E-state index contributed by atoms with van der Waals surface area (Å²) in [5.41, 5.74) is 3.45. The Morgan fingerprint density at radius 2 is 1.57 bits per heavy atom. The van der Waals surface area contributed by atoms with Crippen molar-refractivity contribution in [3.63, 3.8) is 0 Å². The zero-order chi connectivity index (χ0) is 42.3. The van der Waals surface area contributed by atoms with Crippen LogP contribution in [-0.4, -0.2) is 69.9 Å². The molecule has 16 heteroatoms. The van der Waals surface area contributed by atoms with Gasteiger partial charge < -0.3 is 29.5 Å². The number of carbonyl (C=O) groups excluding carboxylic acids is 3. The molecule has 13 nitrogen and oxygen atoms in total. The summed E-state index contributed by atoms with van der Waals surface area (Å²) in [7, 11) is 2.89. The third-order valence-electron chi connectivity index (χ3n) is 10.0. The lowest BCUT2D eigenvalue weighted by atomic mass is 9.77. The number of aromatic nitrogens is 2. The second-order valence-electron chi connectivity index (χ2n) is 13.7. The smallest absolute Gasteiger partial charge is 0.355 e. The molecule has 2 N–H and O–H groups in total. The Bertz CT molecular complexity index is 2520. The highest BCUT2D eigenvalue weighted by Gasteiger charge is 2.54. The van der Waals surface area contributed by atoms with Gasteiger partial charge in [0.05, 0.1) is 7.11 Å². The first kappa shape index (κ1) is 41.1. The van der Waals surface area contributed by atoms with Crippen LogP contribution in [0.3, 0.4) is 0 Å². The molecule has 4 aromatic carbocycles. The Morgan fingerprint density at radius 1 is 0.934 bits per heavy atom. The Kier molecular flexibility index (Phi) is 12.3. The van der Waals surface area contributed by atoms with Gasteiger partial charge in [0, 0.05) is 17.2 Å². The average molecular weight is 873 g/mol. The number of carbonyl (C=O) groups is 3. The van der Waals surface area contributed by atoms with Crippen molar-refractivity contribution in [2.24, 2.45) is 5.16 Å². The van der Waals surface area contributed by atoms with Crippen molar-refractivity contribution in [2.45, 2.75) is 23.6 Å². The number of fused-ring (bicyclic) bond motifs is 1. The average Bonchev–Trinajstić information content (AvgIpc) is 3.96. The van der Waals surface area contributed by atoms with Gasteiger partial charge in [-0.1, -0.05) is 131 Å². The molecule has 2 atom stereocenters. The molecule has 0 spiro atoms. The number of oxime groups is 1. The van der Waals surface area contributed by atoms with Gasteiger partial charge in [-0.25, -0.2) is 9.78 Å². The molecule has 308 valence electrons. The summed E-state index contributed by atoms with van der Waals surface area (Å²) in [6, 6.07) is 37.8. The normalized spacial score (nSPS) is 16.5. The van der Waals surface area contributed by atoms with Crippen LogP contribution in [0.1, 0.15) is 33.7 Å². The van der Waals surface area contributed by atoms with Crippen LogP contribution in [0.4, 0.5) is 5.13 Å². The number of hydrogen-bond donors (Lipinski definition) is 2. The maximum Gasteiger partial charge on any atom is 0.355 e. The molecular formula is C45H37ClN6O7S2. The summed E-state index contributed by atoms with van der Waals surface area (Å²) in [5, 5.41) is 16.0. The molecular weight excluding hydrogens is 836 g/mol. The van der Waals surface area contributed by atoms with E-state index >= 15 is 0 Å². The molecule has 6 aromatic rings. The van der Waals surface area contributed by atoms with E-state index in [-0.39, 0.29) is 28.9 Å². The fourth-order valence-electron chi connectivity index (χ4n) is 7.11. The SMILES string of the molecule is CO/N=C(\C(=O)N[C@@H]1C(=O)N2C(C(=O)OCc3ccc(OC)cc3)=C(/C=C\c3cc(Cl)no3)CS[C@H]12)c1csc(NC(c2ccccc2)(c2ccccc2)c2ccccc2)n1. The largest absolute Gasteiger partial charge is 0.497 e. The summed E-state index contributed by atoms with van der Waals surface area (Å²) in [5.74, 6) is -0.586. The van der Waals surface area contributed by atoms with Gasteiger partial charge in [0.25, 0.3) is 11.8 Å². The molecule has 2 aliphatic heterocycles. The van der Waals surface area contributed by atoms with E-state index in [1.165, 1.54) is 41.2 Å². The summed E-state index contributed by atoms with van der Waals surface area (Å²) >= 11 is 8.61. The molecule has 0 aliphatic carbocycles. The van der Waals surface area contributed by atoms with Crippen LogP contribution in [0.25, 0.3) is 6.08 Å². The van der Waals surface area contributed by atoms with Crippen molar-refractivity contribution in [2.75, 3.05) is 25.3 Å². The zero-order valence-corrected chi connectivity index (χ0v) is 35.1. The molecule has 4 heterocycles. The molecule has 1 fully saturated rings. The number of methoxy groups -OCH3 is 1. The van der Waals surface area contributed by atoms with Crippen molar-refractivity contribution in [1.82, 2.24) is 20.4 Å². The van der Waals surface area contributed by atoms with Crippen LogP contribution < -0.4 is 15.4 Å². The zero-order valence-electron chi connectivity index (χ0n) is 32.7. The van der Waals surface area contributed by atoms with Gasteiger partial charge in [-0.05, 0) is 46.0 Å². The van der Waals surface area contributed by atoms with Gasteiger partial charge in [-0.2, -0.15) is 0 Å². The van der Waals surface area contributed by atoms with Gasteiger partial charge in [0.2, 0.25) is 0 Å². The van der Waals surface area contributed by atoms with E-state index in [0.29, 0.717) is 28.0 Å². The summed E-state index contributed by atoms with van der Waals surface area (Å²) in [6.07, 6.45) is 3.26. The quantitative estimate of drug-likeness (QED) is 0.0343. The molecule has 1 saturated heterocycles. The number of halogens is 1. The van der Waals surface area contributed by atoms with Gasteiger partial charge in [0.15, 0.2) is 21.8 Å². The number of anilines is 1. The number of nitrogens with zero attached hydrogens (tertiary/aromatic N) is 4. The van der Waals surface area contributed by atoms with E-state index in [9.17, 15) is 14.4 Å². The Hall–Kier alpha value is -6.68. The fourth-order valence-corrected chi connectivity index (χ4v) is 9.32. The predicted molar refractivity (Wildman–Crippen MR) is 234 cm³/mol. The Morgan fingerprint density at radius 3 is 2.15 bits per heavy atom. The number of β-lactam (4-membered cyclic amide) rings is 1. The minimum atomic E-state index is -0.999. The summed E-state index contributed by atoms with van der Waals surface area (Å²) in [6.45, 7) is -0.0501. The third-order valence-corrected chi connectivity index (χ3v) is 12.3. The molecule has 0 bridgehead atoms. The fraction of sp³-hybridized carbons (Fsp3) is 0.156. The van der Waals surface area contributed by atoms with Crippen LogP contribution in [0.5, 0.6) is 5.75 Å². The monoisotopic (exact) mass is 872 g/mol. The number of rotatable bonds is 15. The van der Waals surface area contributed by atoms with Crippen LogP contribution >= 0.6 is 34.7 Å². The third kappa shape index (κ3) is 8.53. The Labute approximate surface area is 364 Å². The number of benzene rings is 4. The van der Waals surface area contributed by atoms with Gasteiger partial charge in [-0.15, -0.1) is 23.1 Å². The van der Waals surface area contributed by atoms with Crippen molar-refractivity contribution in [3.8, 4) is 5.75 Å². The lowest BCUT2D eigenvalue weighted by molar-refractivity contribution is -0.153. The first-order valence-electron chi connectivity index (χ1n) is 18.9. The second kappa shape index (κ2) is 18.3. The van der Waals surface area contributed by atoms with Crippen molar-refractivity contribution >= 4 is 69.4 Å². The van der Waals surface area contributed by atoms with Crippen LogP contribution in [0, 0.1) is 0 Å². The standard InChI is InChI=1S/C45H37ClN6O7S2/c1-56-33-21-18-28(19-22-33)25-58-43(55)39-29(20-23-34-24-36(46)50-59-34)26-60-42-38(41(54)52(39)42)48-40(53)37(51-57-2)35-27-61-44(47-35)49-45(30-12-6-3-7-13-30,31-14-8-4-9-15-31)32-16-10-5-11-17-32/h3-24,27,38,42H,25-26H2,1-2H3,(H,47,49)(H,48,53)/b23-20-,51-37-/t38-,42-/m1/s1. The highest BCUT2D eigenvalue weighted by atomic mass is 35.5. The number of thioether (sulfide) groups is 1. The molecule has 8 rings (SSSR count). The van der Waals surface area contributed by atoms with Gasteiger partial charge >= 0.3 is 5.97 Å². The van der Waals surface area contributed by atoms with Gasteiger partial charge in [-0.3, -0.25) is 14.5 Å². The highest BCUT2D eigenvalue weighted by Crippen LogP contribution is 2.43. The van der Waals surface area contributed by atoms with Crippen molar-refractivity contribution in [1.29, 1.82) is 0 Å². The summed E-state index contributed by atoms with van der Waals surface area (Å²) in [4.78, 5) is 53.1. The number of hydrogen-bond acceptors (Lipinski definition) is 13. The van der Waals surface area contributed by atoms with E-state index in [1.54, 1.807) is 48.9 Å². The van der Waals surface area contributed by atoms with E-state index in [2.05, 4.69) is 57.3 Å². The minimum Gasteiger partial charge on any atom is -0.497 e. The molecule has 2 amide bonds. The number of nitrogens with one attached hydrogen (secondary N) is 2. The number of esters is 1. The Balaban J connectivity index is 1.04. The second-order valence-corrected chi connectivity index (χ2v) is 16.0. The van der Waals surface area contributed by atoms with E-state index in [4.69, 9.17) is 35.4 Å². The molecule has 2 aliphatic rings. The first-order valence-corrected chi connectivity index (χ1v) is 21.2. The number of amides is 2. The lowest BCUT2D eigenvalue weighted by Crippen LogP contribution is -2.71. The molecule has 2 aromatic heterocycles. The molecule has 0 saturated carbocycles. The van der Waals surface area contributed by atoms with Crippen LogP contribution in [-0.2, 0) is 36.1 Å². The topological polar surface area (TPSA) is 157 Å². The van der Waals surface area contributed by atoms with Crippen molar-refractivity contribution in [3.05, 3.63) is 183 Å². The van der Waals surface area contributed by atoms with Crippen LogP contribution in [0.15, 0.2) is 154 Å². The highest BCUT2D eigenvalue weighted by molar-refractivity contribution is 8.00. The van der Waals surface area contributed by atoms with E-state index in [1.807, 2.05) is 54.6 Å². The molecule has 0 unspecified atom stereocenters. The van der Waals surface area contributed by atoms with E-state index < -0.39 is 34.7 Å². The number of ether oxygens (including phenoxy) is 2. The van der Waals surface area contributed by atoms with Crippen LogP contribution in [0.2, 0.25) is 5.15 Å². The molecule has 61 heavy (non-hydrogen) atoms. The predicted octanol–water partition coefficient (Wildman–Crippen LogP) is 7.66. The lowest BCUT2D eigenvalue weighted by Gasteiger charge is -2.49.